The maximum Gasteiger partial charge on any atom is 0.255 e. The molecule has 2 aromatic carbocycles. The van der Waals surface area contributed by atoms with Crippen LogP contribution in [-0.2, 0) is 16.6 Å². The SMILES string of the molecule is CCOc1cc(C(=O)Nc2cc(S(N)(=O)=O)cc(C)c2C)ccc1OCc1cccnc1. The van der Waals surface area contributed by atoms with Crippen molar-refractivity contribution in [1.82, 2.24) is 4.98 Å². The van der Waals surface area contributed by atoms with Crippen LogP contribution in [0.5, 0.6) is 11.5 Å². The second kappa shape index (κ2) is 9.80. The van der Waals surface area contributed by atoms with E-state index in [4.69, 9.17) is 14.6 Å². The summed E-state index contributed by atoms with van der Waals surface area (Å²) >= 11 is 0. The summed E-state index contributed by atoms with van der Waals surface area (Å²) in [4.78, 5) is 16.9. The summed E-state index contributed by atoms with van der Waals surface area (Å²) in [6.07, 6.45) is 3.40. The molecule has 0 aliphatic heterocycles. The zero-order valence-corrected chi connectivity index (χ0v) is 18.9. The average molecular weight is 456 g/mol. The molecular formula is C23H25N3O5S. The van der Waals surface area contributed by atoms with Crippen molar-refractivity contribution in [2.24, 2.45) is 5.14 Å². The van der Waals surface area contributed by atoms with E-state index in [1.54, 1.807) is 44.4 Å². The van der Waals surface area contributed by atoms with Gasteiger partial charge in [-0.2, -0.15) is 0 Å². The van der Waals surface area contributed by atoms with E-state index in [1.165, 1.54) is 12.1 Å². The first-order valence-corrected chi connectivity index (χ1v) is 11.5. The number of nitrogens with zero attached hydrogens (tertiary/aromatic N) is 1. The van der Waals surface area contributed by atoms with E-state index in [2.05, 4.69) is 10.3 Å². The number of nitrogens with two attached hydrogens (primary N) is 1. The van der Waals surface area contributed by atoms with Crippen molar-refractivity contribution in [1.29, 1.82) is 0 Å². The maximum absolute atomic E-state index is 12.9. The first-order chi connectivity index (χ1) is 15.2. The number of hydrogen-bond donors (Lipinski definition) is 2. The Labute approximate surface area is 187 Å². The maximum atomic E-state index is 12.9. The van der Waals surface area contributed by atoms with E-state index in [0.717, 1.165) is 11.1 Å². The van der Waals surface area contributed by atoms with Gasteiger partial charge in [-0.05, 0) is 68.3 Å². The van der Waals surface area contributed by atoms with Gasteiger partial charge >= 0.3 is 0 Å². The summed E-state index contributed by atoms with van der Waals surface area (Å²) in [7, 11) is -3.91. The molecular weight excluding hydrogens is 430 g/mol. The molecule has 168 valence electrons. The molecule has 1 aromatic heterocycles. The molecule has 0 saturated heterocycles. The summed E-state index contributed by atoms with van der Waals surface area (Å²) in [6, 6.07) is 11.4. The third-order valence-electron chi connectivity index (χ3n) is 4.84. The highest BCUT2D eigenvalue weighted by Gasteiger charge is 2.17. The number of ether oxygens (including phenoxy) is 2. The molecule has 1 heterocycles. The Hall–Kier alpha value is -3.43. The summed E-state index contributed by atoms with van der Waals surface area (Å²) in [5.41, 5.74) is 3.04. The average Bonchev–Trinajstić information content (AvgIpc) is 2.76. The standard InChI is InChI=1S/C23H25N3O5S/c1-4-30-22-11-18(7-8-21(22)31-14-17-6-5-9-25-13-17)23(27)26-20-12-19(32(24,28)29)10-15(2)16(20)3/h5-13H,4,14H2,1-3H3,(H,26,27)(H2,24,28,29). The number of carbonyl (C=O) groups excluding carboxylic acids is 1. The van der Waals surface area contributed by atoms with E-state index in [0.29, 0.717) is 41.5 Å². The molecule has 0 aliphatic rings. The zero-order valence-electron chi connectivity index (χ0n) is 18.1. The molecule has 3 aromatic rings. The van der Waals surface area contributed by atoms with Gasteiger partial charge in [-0.3, -0.25) is 9.78 Å². The molecule has 0 unspecified atom stereocenters. The van der Waals surface area contributed by atoms with Gasteiger partial charge in [-0.25, -0.2) is 13.6 Å². The molecule has 3 N–H and O–H groups in total. The van der Waals surface area contributed by atoms with Crippen molar-refractivity contribution >= 4 is 21.6 Å². The lowest BCUT2D eigenvalue weighted by Gasteiger charge is -2.15. The van der Waals surface area contributed by atoms with Crippen molar-refractivity contribution in [3.8, 4) is 11.5 Å². The number of hydrogen-bond acceptors (Lipinski definition) is 6. The normalized spacial score (nSPS) is 11.1. The van der Waals surface area contributed by atoms with Gasteiger partial charge < -0.3 is 14.8 Å². The van der Waals surface area contributed by atoms with Gasteiger partial charge in [-0.1, -0.05) is 6.07 Å². The highest BCUT2D eigenvalue weighted by molar-refractivity contribution is 7.89. The Morgan fingerprint density at radius 1 is 1.09 bits per heavy atom. The minimum atomic E-state index is -3.91. The predicted octanol–water partition coefficient (Wildman–Crippen LogP) is 3.58. The predicted molar refractivity (Wildman–Crippen MR) is 121 cm³/mol. The van der Waals surface area contributed by atoms with Crippen LogP contribution in [-0.4, -0.2) is 25.9 Å². The van der Waals surface area contributed by atoms with Crippen molar-refractivity contribution in [3.63, 3.8) is 0 Å². The summed E-state index contributed by atoms with van der Waals surface area (Å²) in [5, 5.41) is 8.01. The third kappa shape index (κ3) is 5.63. The monoisotopic (exact) mass is 455 g/mol. The van der Waals surface area contributed by atoms with Gasteiger partial charge in [0, 0.05) is 29.2 Å². The fourth-order valence-corrected chi connectivity index (χ4v) is 3.62. The van der Waals surface area contributed by atoms with E-state index in [-0.39, 0.29) is 4.90 Å². The Morgan fingerprint density at radius 2 is 1.88 bits per heavy atom. The van der Waals surface area contributed by atoms with E-state index in [9.17, 15) is 13.2 Å². The molecule has 0 radical (unpaired) electrons. The summed E-state index contributed by atoms with van der Waals surface area (Å²) in [5.74, 6) is 0.504. The first kappa shape index (κ1) is 23.2. The molecule has 0 spiro atoms. The number of amides is 1. The number of carbonyl (C=O) groups is 1. The Balaban J connectivity index is 1.84. The van der Waals surface area contributed by atoms with Crippen LogP contribution in [0.15, 0.2) is 59.8 Å². The second-order valence-electron chi connectivity index (χ2n) is 7.16. The van der Waals surface area contributed by atoms with Crippen molar-refractivity contribution < 1.29 is 22.7 Å². The number of pyridine rings is 1. The molecule has 0 fully saturated rings. The Bertz CT molecular complexity index is 1230. The molecule has 9 heteroatoms. The topological polar surface area (TPSA) is 121 Å². The van der Waals surface area contributed by atoms with Gasteiger partial charge in [-0.15, -0.1) is 0 Å². The highest BCUT2D eigenvalue weighted by Crippen LogP contribution is 2.30. The smallest absolute Gasteiger partial charge is 0.255 e. The van der Waals surface area contributed by atoms with Gasteiger partial charge in [0.15, 0.2) is 11.5 Å². The highest BCUT2D eigenvalue weighted by atomic mass is 32.2. The molecule has 0 bridgehead atoms. The summed E-state index contributed by atoms with van der Waals surface area (Å²) in [6.45, 7) is 6.07. The van der Waals surface area contributed by atoms with Crippen LogP contribution < -0.4 is 19.9 Å². The molecule has 0 aliphatic carbocycles. The van der Waals surface area contributed by atoms with Gasteiger partial charge in [0.05, 0.1) is 11.5 Å². The van der Waals surface area contributed by atoms with Gasteiger partial charge in [0.1, 0.15) is 6.61 Å². The molecule has 3 rings (SSSR count). The number of primary sulfonamides is 1. The van der Waals surface area contributed by atoms with Crippen LogP contribution in [0.2, 0.25) is 0 Å². The number of nitrogens with one attached hydrogen (secondary N) is 1. The zero-order chi connectivity index (χ0) is 23.3. The fraction of sp³-hybridized carbons (Fsp3) is 0.217. The number of rotatable bonds is 8. The lowest BCUT2D eigenvalue weighted by Crippen LogP contribution is -2.16. The number of sulfonamides is 1. The van der Waals surface area contributed by atoms with Crippen LogP contribution >= 0.6 is 0 Å². The largest absolute Gasteiger partial charge is 0.490 e. The third-order valence-corrected chi connectivity index (χ3v) is 5.73. The second-order valence-corrected chi connectivity index (χ2v) is 8.72. The minimum absolute atomic E-state index is 0.0648. The van der Waals surface area contributed by atoms with E-state index >= 15 is 0 Å². The van der Waals surface area contributed by atoms with Crippen LogP contribution in [0.1, 0.15) is 34.0 Å². The number of anilines is 1. The molecule has 32 heavy (non-hydrogen) atoms. The Morgan fingerprint density at radius 3 is 2.53 bits per heavy atom. The van der Waals surface area contributed by atoms with E-state index < -0.39 is 15.9 Å². The quantitative estimate of drug-likeness (QED) is 0.536. The number of aromatic nitrogens is 1. The molecule has 0 saturated carbocycles. The van der Waals surface area contributed by atoms with Crippen molar-refractivity contribution in [2.45, 2.75) is 32.3 Å². The fourth-order valence-electron chi connectivity index (χ4n) is 3.00. The molecule has 8 nitrogen and oxygen atoms in total. The van der Waals surface area contributed by atoms with Crippen LogP contribution in [0, 0.1) is 13.8 Å². The first-order valence-electron chi connectivity index (χ1n) is 9.93. The molecule has 1 amide bonds. The summed E-state index contributed by atoms with van der Waals surface area (Å²) < 4.78 is 35.0. The lowest BCUT2D eigenvalue weighted by molar-refractivity contribution is 0.102. The van der Waals surface area contributed by atoms with Crippen LogP contribution in [0.3, 0.4) is 0 Å². The van der Waals surface area contributed by atoms with Crippen molar-refractivity contribution in [2.75, 3.05) is 11.9 Å². The van der Waals surface area contributed by atoms with Gasteiger partial charge in [0.25, 0.3) is 5.91 Å². The Kier molecular flexibility index (Phi) is 7.12. The van der Waals surface area contributed by atoms with Crippen molar-refractivity contribution in [3.05, 3.63) is 77.1 Å². The van der Waals surface area contributed by atoms with Crippen LogP contribution in [0.25, 0.3) is 0 Å². The van der Waals surface area contributed by atoms with Gasteiger partial charge in [0.2, 0.25) is 10.0 Å². The number of aryl methyl sites for hydroxylation is 1. The lowest BCUT2D eigenvalue weighted by atomic mass is 10.1. The minimum Gasteiger partial charge on any atom is -0.490 e. The molecule has 0 atom stereocenters. The van der Waals surface area contributed by atoms with E-state index in [1.807, 2.05) is 19.1 Å². The van der Waals surface area contributed by atoms with Crippen LogP contribution in [0.4, 0.5) is 5.69 Å². The number of benzene rings is 2.